The van der Waals surface area contributed by atoms with E-state index in [-0.39, 0.29) is 11.3 Å². The number of likely N-dealkylation sites (tertiary alicyclic amines) is 2. The fraction of sp³-hybridized carbons (Fsp3) is 0.545. The van der Waals surface area contributed by atoms with Crippen molar-refractivity contribution in [3.63, 3.8) is 0 Å². The van der Waals surface area contributed by atoms with Crippen molar-refractivity contribution < 1.29 is 4.79 Å². The number of nitrogens with one attached hydrogen (secondary N) is 1. The Morgan fingerprint density at radius 3 is 2.70 bits per heavy atom. The first-order valence-corrected chi connectivity index (χ1v) is 10.1. The summed E-state index contributed by atoms with van der Waals surface area (Å²) in [6.07, 6.45) is 6.75. The Kier molecular flexibility index (Phi) is 5.04. The van der Waals surface area contributed by atoms with Crippen LogP contribution in [0.5, 0.6) is 0 Å². The number of piperidine rings is 1. The van der Waals surface area contributed by atoms with Gasteiger partial charge in [0.05, 0.1) is 12.5 Å². The molecule has 4 rings (SSSR count). The number of hydrogen-bond acceptors (Lipinski definition) is 3. The summed E-state index contributed by atoms with van der Waals surface area (Å²) in [4.78, 5) is 24.2. The second-order valence-electron chi connectivity index (χ2n) is 8.65. The van der Waals surface area contributed by atoms with Gasteiger partial charge in [0.15, 0.2) is 0 Å². The van der Waals surface area contributed by atoms with Crippen LogP contribution in [0, 0.1) is 5.41 Å². The van der Waals surface area contributed by atoms with E-state index in [1.165, 1.54) is 24.0 Å². The summed E-state index contributed by atoms with van der Waals surface area (Å²) in [5.41, 5.74) is 3.65. The van der Waals surface area contributed by atoms with Crippen LogP contribution in [0.2, 0.25) is 0 Å². The average Bonchev–Trinajstić information content (AvgIpc) is 3.32. The summed E-state index contributed by atoms with van der Waals surface area (Å²) in [5.74, 6) is 0.667. The van der Waals surface area contributed by atoms with E-state index in [1.54, 1.807) is 12.5 Å². The molecule has 2 aliphatic heterocycles. The SMILES string of the molecule is CC(C)c1ccc(CN2CCC[C@]3(CCN(C(=O)c4cnc[nH]4)C3)C2)cc1. The normalized spacial score (nSPS) is 23.4. The molecule has 2 aliphatic rings. The van der Waals surface area contributed by atoms with E-state index < -0.39 is 0 Å². The molecule has 3 heterocycles. The lowest BCUT2D eigenvalue weighted by atomic mass is 9.79. The molecule has 0 bridgehead atoms. The molecule has 0 saturated carbocycles. The van der Waals surface area contributed by atoms with Crippen molar-refractivity contribution in [2.75, 3.05) is 26.2 Å². The van der Waals surface area contributed by atoms with Crippen LogP contribution in [-0.4, -0.2) is 51.9 Å². The highest BCUT2D eigenvalue weighted by Crippen LogP contribution is 2.39. The number of hydrogen-bond donors (Lipinski definition) is 1. The molecular weight excluding hydrogens is 336 g/mol. The zero-order chi connectivity index (χ0) is 18.9. The fourth-order valence-corrected chi connectivity index (χ4v) is 4.70. The van der Waals surface area contributed by atoms with Crippen molar-refractivity contribution >= 4 is 5.91 Å². The number of imidazole rings is 1. The summed E-state index contributed by atoms with van der Waals surface area (Å²) in [7, 11) is 0. The lowest BCUT2D eigenvalue weighted by molar-refractivity contribution is 0.0671. The standard InChI is InChI=1S/C22H30N4O/c1-17(2)19-6-4-18(5-7-19)13-25-10-3-8-22(14-25)9-11-26(15-22)21(27)20-12-23-16-24-20/h4-7,12,16-17H,3,8-11,13-15H2,1-2H3,(H,23,24)/t22-/m0/s1. The first-order valence-electron chi connectivity index (χ1n) is 10.1. The van der Waals surface area contributed by atoms with Gasteiger partial charge >= 0.3 is 0 Å². The molecule has 2 aromatic rings. The molecule has 5 heteroatoms. The van der Waals surface area contributed by atoms with Gasteiger partial charge in [0, 0.05) is 31.6 Å². The van der Waals surface area contributed by atoms with Crippen LogP contribution in [-0.2, 0) is 6.54 Å². The van der Waals surface area contributed by atoms with Gasteiger partial charge in [-0.05, 0) is 42.9 Å². The number of aromatic nitrogens is 2. The molecule has 0 unspecified atom stereocenters. The van der Waals surface area contributed by atoms with Crippen molar-refractivity contribution in [3.05, 3.63) is 53.6 Å². The molecule has 2 fully saturated rings. The van der Waals surface area contributed by atoms with Gasteiger partial charge in [0.2, 0.25) is 0 Å². The van der Waals surface area contributed by atoms with Crippen LogP contribution in [0.4, 0.5) is 0 Å². The quantitative estimate of drug-likeness (QED) is 0.898. The summed E-state index contributed by atoms with van der Waals surface area (Å²) in [6, 6.07) is 9.08. The Labute approximate surface area is 161 Å². The van der Waals surface area contributed by atoms with E-state index in [0.29, 0.717) is 11.6 Å². The van der Waals surface area contributed by atoms with Gasteiger partial charge in [-0.1, -0.05) is 38.1 Å². The molecule has 27 heavy (non-hydrogen) atoms. The lowest BCUT2D eigenvalue weighted by Crippen LogP contribution is -2.45. The number of amides is 1. The average molecular weight is 367 g/mol. The molecule has 144 valence electrons. The van der Waals surface area contributed by atoms with Crippen molar-refractivity contribution in [1.29, 1.82) is 0 Å². The van der Waals surface area contributed by atoms with E-state index in [9.17, 15) is 4.79 Å². The number of rotatable bonds is 4. The van der Waals surface area contributed by atoms with Crippen LogP contribution in [0.1, 0.15) is 60.6 Å². The number of nitrogens with zero attached hydrogens (tertiary/aromatic N) is 3. The highest BCUT2D eigenvalue weighted by Gasteiger charge is 2.43. The maximum Gasteiger partial charge on any atom is 0.271 e. The number of aromatic amines is 1. The molecule has 1 amide bonds. The van der Waals surface area contributed by atoms with Crippen LogP contribution in [0.15, 0.2) is 36.8 Å². The molecule has 1 aromatic heterocycles. The van der Waals surface area contributed by atoms with Crippen LogP contribution in [0.25, 0.3) is 0 Å². The molecule has 0 aliphatic carbocycles. The largest absolute Gasteiger partial charge is 0.341 e. The maximum absolute atomic E-state index is 12.6. The highest BCUT2D eigenvalue weighted by molar-refractivity contribution is 5.92. The molecule has 5 nitrogen and oxygen atoms in total. The third kappa shape index (κ3) is 3.93. The van der Waals surface area contributed by atoms with Crippen molar-refractivity contribution in [3.8, 4) is 0 Å². The minimum Gasteiger partial charge on any atom is -0.341 e. The third-order valence-corrected chi connectivity index (χ3v) is 6.25. The molecule has 1 spiro atoms. The highest BCUT2D eigenvalue weighted by atomic mass is 16.2. The Balaban J connectivity index is 1.38. The number of H-pyrrole nitrogens is 1. The van der Waals surface area contributed by atoms with Crippen molar-refractivity contribution in [2.24, 2.45) is 5.41 Å². The second kappa shape index (κ2) is 7.47. The van der Waals surface area contributed by atoms with Gasteiger partial charge in [0.1, 0.15) is 5.69 Å². The monoisotopic (exact) mass is 366 g/mol. The lowest BCUT2D eigenvalue weighted by Gasteiger charge is -2.40. The smallest absolute Gasteiger partial charge is 0.271 e. The molecular formula is C22H30N4O. The fourth-order valence-electron chi connectivity index (χ4n) is 4.70. The minimum atomic E-state index is 0.0887. The Hall–Kier alpha value is -2.14. The van der Waals surface area contributed by atoms with Gasteiger partial charge in [-0.25, -0.2) is 4.98 Å². The van der Waals surface area contributed by atoms with Crippen LogP contribution in [0.3, 0.4) is 0 Å². The van der Waals surface area contributed by atoms with E-state index in [2.05, 4.69) is 53.0 Å². The van der Waals surface area contributed by atoms with Gasteiger partial charge in [-0.2, -0.15) is 0 Å². The first-order chi connectivity index (χ1) is 13.0. The number of carbonyl (C=O) groups excluding carboxylic acids is 1. The van der Waals surface area contributed by atoms with Gasteiger partial charge < -0.3 is 9.88 Å². The summed E-state index contributed by atoms with van der Waals surface area (Å²) < 4.78 is 0. The maximum atomic E-state index is 12.6. The molecule has 2 saturated heterocycles. The van der Waals surface area contributed by atoms with Crippen LogP contribution >= 0.6 is 0 Å². The Bertz CT molecular complexity index is 768. The van der Waals surface area contributed by atoms with Gasteiger partial charge in [0.25, 0.3) is 5.91 Å². The predicted molar refractivity (Wildman–Crippen MR) is 107 cm³/mol. The molecule has 1 atom stereocenters. The molecule has 1 N–H and O–H groups in total. The topological polar surface area (TPSA) is 52.2 Å². The third-order valence-electron chi connectivity index (χ3n) is 6.25. The van der Waals surface area contributed by atoms with Crippen molar-refractivity contribution in [2.45, 2.75) is 45.6 Å². The van der Waals surface area contributed by atoms with E-state index in [0.717, 1.165) is 39.1 Å². The number of benzene rings is 1. The Morgan fingerprint density at radius 2 is 2.00 bits per heavy atom. The first kappa shape index (κ1) is 18.2. The van der Waals surface area contributed by atoms with E-state index in [1.807, 2.05) is 4.90 Å². The van der Waals surface area contributed by atoms with Crippen LogP contribution < -0.4 is 0 Å². The number of carbonyl (C=O) groups is 1. The van der Waals surface area contributed by atoms with Crippen molar-refractivity contribution in [1.82, 2.24) is 19.8 Å². The molecule has 1 aromatic carbocycles. The zero-order valence-electron chi connectivity index (χ0n) is 16.4. The summed E-state index contributed by atoms with van der Waals surface area (Å²) in [5, 5.41) is 0. The van der Waals surface area contributed by atoms with E-state index >= 15 is 0 Å². The molecule has 0 radical (unpaired) electrons. The minimum absolute atomic E-state index is 0.0887. The van der Waals surface area contributed by atoms with Gasteiger partial charge in [-0.3, -0.25) is 9.69 Å². The van der Waals surface area contributed by atoms with E-state index in [4.69, 9.17) is 0 Å². The zero-order valence-corrected chi connectivity index (χ0v) is 16.4. The summed E-state index contributed by atoms with van der Waals surface area (Å²) >= 11 is 0. The van der Waals surface area contributed by atoms with Gasteiger partial charge in [-0.15, -0.1) is 0 Å². The summed E-state index contributed by atoms with van der Waals surface area (Å²) in [6.45, 7) is 9.45. The predicted octanol–water partition coefficient (Wildman–Crippen LogP) is 3.66. The second-order valence-corrected chi connectivity index (χ2v) is 8.65. The Morgan fingerprint density at radius 1 is 1.19 bits per heavy atom.